The number of halogens is 1. The topological polar surface area (TPSA) is 75.7 Å². The largest absolute Gasteiger partial charge is 0.495 e. The Morgan fingerprint density at radius 2 is 1.49 bits per heavy atom. The zero-order valence-electron chi connectivity index (χ0n) is 20.5. The number of hydrogen-bond donors (Lipinski definition) is 1. The van der Waals surface area contributed by atoms with Crippen LogP contribution in [0, 0.1) is 6.92 Å². The second-order valence-electron chi connectivity index (χ2n) is 8.47. The third kappa shape index (κ3) is 6.13. The standard InChI is InChI=1S/C29H27ClN2O4S/c1-21-13-15-23(16-14-21)29(22-9-5-3-6-10-22)31-28(33)20-32(24-17-18-27(36-2)26(30)19-24)37(34,35)25-11-7-4-8-12-25/h3-19,29H,20H2,1-2H3,(H,31,33). The molecule has 0 saturated heterocycles. The third-order valence-electron chi connectivity index (χ3n) is 5.89. The summed E-state index contributed by atoms with van der Waals surface area (Å²) in [5.74, 6) is -0.0729. The fourth-order valence-electron chi connectivity index (χ4n) is 3.95. The molecule has 0 heterocycles. The molecular weight excluding hydrogens is 508 g/mol. The first-order chi connectivity index (χ1) is 17.8. The highest BCUT2D eigenvalue weighted by molar-refractivity contribution is 7.92. The molecule has 1 amide bonds. The van der Waals surface area contributed by atoms with Gasteiger partial charge in [0.15, 0.2) is 0 Å². The molecule has 0 aliphatic rings. The Kier molecular flexibility index (Phi) is 8.16. The summed E-state index contributed by atoms with van der Waals surface area (Å²) < 4.78 is 33.6. The van der Waals surface area contributed by atoms with Gasteiger partial charge in [-0.1, -0.05) is 90.0 Å². The summed E-state index contributed by atoms with van der Waals surface area (Å²) in [7, 11) is -2.61. The second-order valence-corrected chi connectivity index (χ2v) is 10.7. The van der Waals surface area contributed by atoms with E-state index in [4.69, 9.17) is 16.3 Å². The first-order valence-corrected chi connectivity index (χ1v) is 13.4. The predicted octanol–water partition coefficient (Wildman–Crippen LogP) is 5.76. The molecule has 1 unspecified atom stereocenters. The van der Waals surface area contributed by atoms with E-state index >= 15 is 0 Å². The number of benzene rings is 4. The van der Waals surface area contributed by atoms with Crippen molar-refractivity contribution >= 4 is 33.2 Å². The van der Waals surface area contributed by atoms with Crippen molar-refractivity contribution in [3.05, 3.63) is 125 Å². The fraction of sp³-hybridized carbons (Fsp3) is 0.138. The van der Waals surface area contributed by atoms with Crippen LogP contribution in [0.2, 0.25) is 5.02 Å². The average Bonchev–Trinajstić information content (AvgIpc) is 2.92. The van der Waals surface area contributed by atoms with Gasteiger partial charge < -0.3 is 10.1 Å². The molecule has 4 rings (SSSR count). The maximum atomic E-state index is 13.7. The Balaban J connectivity index is 1.70. The highest BCUT2D eigenvalue weighted by Crippen LogP contribution is 2.32. The summed E-state index contributed by atoms with van der Waals surface area (Å²) in [5, 5.41) is 3.26. The van der Waals surface area contributed by atoms with E-state index in [0.29, 0.717) is 5.75 Å². The zero-order chi connectivity index (χ0) is 26.4. The summed E-state index contributed by atoms with van der Waals surface area (Å²) in [6.45, 7) is 1.54. The van der Waals surface area contributed by atoms with E-state index in [1.165, 1.54) is 25.3 Å². The molecule has 0 aromatic heterocycles. The van der Waals surface area contributed by atoms with Crippen LogP contribution in [-0.4, -0.2) is 28.0 Å². The maximum absolute atomic E-state index is 13.7. The molecule has 1 atom stereocenters. The molecule has 0 aliphatic heterocycles. The van der Waals surface area contributed by atoms with Crippen molar-refractivity contribution in [2.75, 3.05) is 18.0 Å². The molecule has 190 valence electrons. The highest BCUT2D eigenvalue weighted by Gasteiger charge is 2.29. The lowest BCUT2D eigenvalue weighted by atomic mass is 9.98. The van der Waals surface area contributed by atoms with Gasteiger partial charge in [-0.25, -0.2) is 8.42 Å². The minimum Gasteiger partial charge on any atom is -0.495 e. The van der Waals surface area contributed by atoms with Gasteiger partial charge in [0.2, 0.25) is 5.91 Å². The van der Waals surface area contributed by atoms with Gasteiger partial charge in [0.05, 0.1) is 28.8 Å². The number of sulfonamides is 1. The predicted molar refractivity (Wildman–Crippen MR) is 147 cm³/mol. The zero-order valence-corrected chi connectivity index (χ0v) is 22.0. The van der Waals surface area contributed by atoms with Gasteiger partial charge in [-0.3, -0.25) is 9.10 Å². The number of aryl methyl sites for hydroxylation is 1. The van der Waals surface area contributed by atoms with Crippen LogP contribution in [0.5, 0.6) is 5.75 Å². The molecule has 6 nitrogen and oxygen atoms in total. The first kappa shape index (κ1) is 26.3. The van der Waals surface area contributed by atoms with Crippen LogP contribution in [0.3, 0.4) is 0 Å². The van der Waals surface area contributed by atoms with Gasteiger partial charge in [0.1, 0.15) is 12.3 Å². The lowest BCUT2D eigenvalue weighted by Gasteiger charge is -2.26. The highest BCUT2D eigenvalue weighted by atomic mass is 35.5. The quantitative estimate of drug-likeness (QED) is 0.296. The number of hydrogen-bond acceptors (Lipinski definition) is 4. The van der Waals surface area contributed by atoms with Gasteiger partial charge in [0.25, 0.3) is 10.0 Å². The van der Waals surface area contributed by atoms with Gasteiger partial charge in [-0.2, -0.15) is 0 Å². The molecule has 0 fully saturated rings. The van der Waals surface area contributed by atoms with E-state index in [-0.39, 0.29) is 15.6 Å². The normalized spacial score (nSPS) is 12.0. The Hall–Kier alpha value is -3.81. The number of nitrogens with zero attached hydrogens (tertiary/aromatic N) is 1. The Bertz CT molecular complexity index is 1460. The summed E-state index contributed by atoms with van der Waals surface area (Å²) in [5.41, 5.74) is 3.11. The van der Waals surface area contributed by atoms with Crippen LogP contribution >= 0.6 is 11.6 Å². The number of amides is 1. The SMILES string of the molecule is COc1ccc(N(CC(=O)NC(c2ccccc2)c2ccc(C)cc2)S(=O)(=O)c2ccccc2)cc1Cl. The molecule has 4 aromatic carbocycles. The molecule has 8 heteroatoms. The summed E-state index contributed by atoms with van der Waals surface area (Å²) in [6, 6.07) is 29.5. The van der Waals surface area contributed by atoms with Crippen molar-refractivity contribution in [1.82, 2.24) is 5.32 Å². The monoisotopic (exact) mass is 534 g/mol. The second kappa shape index (κ2) is 11.5. The number of ether oxygens (including phenoxy) is 1. The molecule has 0 radical (unpaired) electrons. The number of rotatable bonds is 9. The van der Waals surface area contributed by atoms with Crippen LogP contribution in [-0.2, 0) is 14.8 Å². The van der Waals surface area contributed by atoms with Crippen LogP contribution in [0.1, 0.15) is 22.7 Å². The van der Waals surface area contributed by atoms with E-state index < -0.39 is 28.5 Å². The van der Waals surface area contributed by atoms with Crippen molar-refractivity contribution < 1.29 is 17.9 Å². The molecular formula is C29H27ClN2O4S. The van der Waals surface area contributed by atoms with Crippen LogP contribution < -0.4 is 14.4 Å². The van der Waals surface area contributed by atoms with E-state index in [9.17, 15) is 13.2 Å². The van der Waals surface area contributed by atoms with Gasteiger partial charge in [-0.15, -0.1) is 0 Å². The molecule has 37 heavy (non-hydrogen) atoms. The van der Waals surface area contributed by atoms with Crippen LogP contribution in [0.15, 0.2) is 108 Å². The molecule has 0 saturated carbocycles. The molecule has 0 aliphatic carbocycles. The number of carbonyl (C=O) groups is 1. The molecule has 1 N–H and O–H groups in total. The molecule has 4 aromatic rings. The number of anilines is 1. The lowest BCUT2D eigenvalue weighted by molar-refractivity contribution is -0.120. The van der Waals surface area contributed by atoms with E-state index in [1.807, 2.05) is 61.5 Å². The Labute approximate surface area is 222 Å². The smallest absolute Gasteiger partial charge is 0.264 e. The minimum atomic E-state index is -4.08. The average molecular weight is 535 g/mol. The van der Waals surface area contributed by atoms with Crippen molar-refractivity contribution in [3.8, 4) is 5.75 Å². The third-order valence-corrected chi connectivity index (χ3v) is 7.97. The number of nitrogens with one attached hydrogen (secondary N) is 1. The van der Waals surface area contributed by atoms with Crippen molar-refractivity contribution in [3.63, 3.8) is 0 Å². The summed E-state index contributed by atoms with van der Waals surface area (Å²) in [4.78, 5) is 13.5. The number of methoxy groups -OCH3 is 1. The van der Waals surface area contributed by atoms with Gasteiger partial charge in [0, 0.05) is 0 Å². The summed E-state index contributed by atoms with van der Waals surface area (Å²) >= 11 is 6.32. The van der Waals surface area contributed by atoms with Crippen molar-refractivity contribution in [1.29, 1.82) is 0 Å². The Morgan fingerprint density at radius 1 is 0.892 bits per heavy atom. The van der Waals surface area contributed by atoms with Crippen LogP contribution in [0.25, 0.3) is 0 Å². The Morgan fingerprint density at radius 3 is 2.08 bits per heavy atom. The van der Waals surface area contributed by atoms with E-state index in [0.717, 1.165) is 21.0 Å². The molecule has 0 spiro atoms. The van der Waals surface area contributed by atoms with Gasteiger partial charge in [-0.05, 0) is 48.4 Å². The fourth-order valence-corrected chi connectivity index (χ4v) is 5.63. The minimum absolute atomic E-state index is 0.0629. The number of carbonyl (C=O) groups excluding carboxylic acids is 1. The van der Waals surface area contributed by atoms with E-state index in [1.54, 1.807) is 30.3 Å². The molecule has 0 bridgehead atoms. The first-order valence-electron chi connectivity index (χ1n) is 11.6. The lowest BCUT2D eigenvalue weighted by Crippen LogP contribution is -2.42. The van der Waals surface area contributed by atoms with Crippen LogP contribution in [0.4, 0.5) is 5.69 Å². The summed E-state index contributed by atoms with van der Waals surface area (Å²) in [6.07, 6.45) is 0. The van der Waals surface area contributed by atoms with Crippen molar-refractivity contribution in [2.45, 2.75) is 17.9 Å². The maximum Gasteiger partial charge on any atom is 0.264 e. The van der Waals surface area contributed by atoms with Crippen molar-refractivity contribution in [2.24, 2.45) is 0 Å². The van der Waals surface area contributed by atoms with E-state index in [2.05, 4.69) is 5.32 Å². The van der Waals surface area contributed by atoms with Gasteiger partial charge >= 0.3 is 0 Å².